The van der Waals surface area contributed by atoms with E-state index in [2.05, 4.69) is 143 Å². The van der Waals surface area contributed by atoms with Crippen molar-refractivity contribution >= 4 is 69.0 Å². The van der Waals surface area contributed by atoms with Crippen molar-refractivity contribution in [1.82, 2.24) is 15.0 Å². The molecule has 276 valence electrons. The lowest BCUT2D eigenvalue weighted by Gasteiger charge is -2.43. The number of ether oxygens (including phenoxy) is 1. The van der Waals surface area contributed by atoms with Crippen molar-refractivity contribution < 1.29 is 4.74 Å². The highest BCUT2D eigenvalue weighted by Gasteiger charge is 2.45. The Morgan fingerprint density at radius 1 is 0.424 bits per heavy atom. The van der Waals surface area contributed by atoms with Gasteiger partial charge in [-0.15, -0.1) is 0 Å². The van der Waals surface area contributed by atoms with Crippen molar-refractivity contribution in [3.63, 3.8) is 0 Å². The first kappa shape index (κ1) is 33.7. The zero-order valence-corrected chi connectivity index (χ0v) is 32.4. The average Bonchev–Trinajstić information content (AvgIpc) is 3.31. The average molecular weight is 774 g/mol. The van der Waals surface area contributed by atoms with Gasteiger partial charge >= 0.3 is 0 Å². The molecule has 0 atom stereocenters. The topological polar surface area (TPSA) is 54.4 Å². The van der Waals surface area contributed by atoms with Crippen molar-refractivity contribution in [2.24, 2.45) is 0 Å². The summed E-state index contributed by atoms with van der Waals surface area (Å²) < 4.78 is 6.95. The minimum atomic E-state index is 0.0128. The number of hydrogen-bond acceptors (Lipinski definition) is 7. The zero-order valence-electron chi connectivity index (χ0n) is 31.6. The summed E-state index contributed by atoms with van der Waals surface area (Å²) in [4.78, 5) is 22.1. The quantitative estimate of drug-likeness (QED) is 0.161. The molecule has 1 aromatic heterocycles. The number of aromatic nitrogens is 3. The van der Waals surface area contributed by atoms with E-state index in [0.717, 1.165) is 56.6 Å². The van der Waals surface area contributed by atoms with Crippen molar-refractivity contribution in [2.75, 3.05) is 9.80 Å². The summed E-state index contributed by atoms with van der Waals surface area (Å²) in [5.41, 5.74) is 13.0. The largest absolute Gasteiger partial charge is 0.458 e. The Bertz CT molecular complexity index is 3020. The molecule has 3 aliphatic rings. The minimum absolute atomic E-state index is 0.0128. The van der Waals surface area contributed by atoms with Gasteiger partial charge in [0.25, 0.3) is 6.71 Å². The summed E-state index contributed by atoms with van der Waals surface area (Å²) in [7, 11) is 0. The van der Waals surface area contributed by atoms with E-state index in [9.17, 15) is 0 Å². The molecule has 0 amide bonds. The molecule has 0 bridgehead atoms. The number of hydrogen-bond donors (Lipinski definition) is 0. The SMILES string of the molecule is c1ccc(-c2nc(-c3ccccc3)nc(-c3ccc(N4c5ccccc5Sc5c4cc4c6c5N(c5ccccc5)c5ccccc5B6c5ccccc5O4)cc3)n2)cc1. The maximum atomic E-state index is 6.95. The molecule has 0 spiro atoms. The van der Waals surface area contributed by atoms with Gasteiger partial charge in [0.05, 0.1) is 22.0 Å². The van der Waals surface area contributed by atoms with Gasteiger partial charge in [0, 0.05) is 44.7 Å². The Balaban J connectivity index is 1.05. The summed E-state index contributed by atoms with van der Waals surface area (Å²) in [5, 5.41) is 0. The number of anilines is 6. The molecule has 8 aromatic carbocycles. The van der Waals surface area contributed by atoms with Crippen molar-refractivity contribution in [3.05, 3.63) is 194 Å². The van der Waals surface area contributed by atoms with Crippen LogP contribution in [0.25, 0.3) is 34.2 Å². The highest BCUT2D eigenvalue weighted by Crippen LogP contribution is 2.58. The van der Waals surface area contributed by atoms with Gasteiger partial charge < -0.3 is 14.5 Å². The number of benzene rings is 8. The molecular formula is C51H32BN5OS. The van der Waals surface area contributed by atoms with Gasteiger partial charge in [0.1, 0.15) is 11.5 Å². The number of rotatable bonds is 5. The van der Waals surface area contributed by atoms with Crippen LogP contribution in [0.4, 0.5) is 34.1 Å². The van der Waals surface area contributed by atoms with Gasteiger partial charge in [-0.25, -0.2) is 15.0 Å². The Hall–Kier alpha value is -7.42. The Morgan fingerprint density at radius 2 is 0.949 bits per heavy atom. The van der Waals surface area contributed by atoms with E-state index < -0.39 is 0 Å². The lowest BCUT2D eigenvalue weighted by molar-refractivity contribution is 0.487. The van der Waals surface area contributed by atoms with E-state index in [1.807, 2.05) is 72.4 Å². The maximum Gasteiger partial charge on any atom is 0.256 e. The standard InChI is InChI=1S/C51H32BN5OS/c1-4-16-33(17-5-1)49-53-50(34-18-6-2-7-19-34)55-51(54-49)35-28-30-37(31-29-35)56-41-25-13-15-27-45(41)59-48-42(56)32-44-46-47(48)57(36-20-8-3-9-21-36)40-24-12-10-22-38(40)52(46)39-23-11-14-26-43(39)58-44/h1-32H. The van der Waals surface area contributed by atoms with Crippen LogP contribution in [-0.4, -0.2) is 21.7 Å². The van der Waals surface area contributed by atoms with Crippen LogP contribution >= 0.6 is 11.8 Å². The number of para-hydroxylation sites is 4. The summed E-state index contributed by atoms with van der Waals surface area (Å²) in [6.07, 6.45) is 0. The molecular weight excluding hydrogens is 741 g/mol. The molecule has 0 unspecified atom stereocenters. The smallest absolute Gasteiger partial charge is 0.256 e. The van der Waals surface area contributed by atoms with E-state index >= 15 is 0 Å². The van der Waals surface area contributed by atoms with Crippen LogP contribution in [0, 0.1) is 0 Å². The minimum Gasteiger partial charge on any atom is -0.458 e. The van der Waals surface area contributed by atoms with Crippen LogP contribution in [-0.2, 0) is 0 Å². The van der Waals surface area contributed by atoms with Crippen LogP contribution in [0.15, 0.2) is 204 Å². The molecule has 8 heteroatoms. The van der Waals surface area contributed by atoms with Crippen molar-refractivity contribution in [2.45, 2.75) is 9.79 Å². The monoisotopic (exact) mass is 773 g/mol. The highest BCUT2D eigenvalue weighted by atomic mass is 32.2. The summed E-state index contributed by atoms with van der Waals surface area (Å²) >= 11 is 1.83. The Labute approximate surface area is 346 Å². The number of fused-ring (bicyclic) bond motifs is 7. The second-order valence-corrected chi connectivity index (χ2v) is 15.8. The third-order valence-electron chi connectivity index (χ3n) is 11.3. The first-order chi connectivity index (χ1) is 29.3. The van der Waals surface area contributed by atoms with Crippen LogP contribution in [0.2, 0.25) is 0 Å². The van der Waals surface area contributed by atoms with E-state index in [-0.39, 0.29) is 6.71 Å². The summed E-state index contributed by atoms with van der Waals surface area (Å²) in [5.74, 6) is 3.65. The lowest BCUT2D eigenvalue weighted by atomic mass is 9.34. The Morgan fingerprint density at radius 3 is 1.63 bits per heavy atom. The third kappa shape index (κ3) is 5.48. The predicted octanol–water partition coefficient (Wildman–Crippen LogP) is 11.2. The normalized spacial score (nSPS) is 13.1. The lowest BCUT2D eigenvalue weighted by Crippen LogP contribution is -2.59. The summed E-state index contributed by atoms with van der Waals surface area (Å²) in [6.45, 7) is 0.0128. The second-order valence-electron chi connectivity index (χ2n) is 14.8. The van der Waals surface area contributed by atoms with Gasteiger partial charge in [-0.05, 0) is 77.1 Å². The first-order valence-electron chi connectivity index (χ1n) is 19.7. The zero-order chi connectivity index (χ0) is 38.9. The molecule has 0 saturated heterocycles. The van der Waals surface area contributed by atoms with Crippen LogP contribution in [0.5, 0.6) is 11.5 Å². The fourth-order valence-electron chi connectivity index (χ4n) is 8.73. The fraction of sp³-hybridized carbons (Fsp3) is 0. The summed E-state index contributed by atoms with van der Waals surface area (Å²) in [6, 6.07) is 67.8. The molecule has 3 aliphatic heterocycles. The van der Waals surface area contributed by atoms with E-state index in [0.29, 0.717) is 17.5 Å². The molecule has 0 saturated carbocycles. The van der Waals surface area contributed by atoms with Crippen molar-refractivity contribution in [3.8, 4) is 45.7 Å². The predicted molar refractivity (Wildman–Crippen MR) is 241 cm³/mol. The molecule has 59 heavy (non-hydrogen) atoms. The second kappa shape index (κ2) is 13.6. The van der Waals surface area contributed by atoms with Crippen LogP contribution < -0.4 is 30.9 Å². The molecule has 0 fully saturated rings. The van der Waals surface area contributed by atoms with E-state index in [4.69, 9.17) is 19.7 Å². The fourth-order valence-corrected chi connectivity index (χ4v) is 9.92. The van der Waals surface area contributed by atoms with Gasteiger partial charge in [-0.1, -0.05) is 139 Å². The maximum absolute atomic E-state index is 6.95. The van der Waals surface area contributed by atoms with E-state index in [1.54, 1.807) is 0 Å². The molecule has 0 radical (unpaired) electrons. The molecule has 0 N–H and O–H groups in total. The molecule has 12 rings (SSSR count). The molecule has 9 aromatic rings. The van der Waals surface area contributed by atoms with Gasteiger partial charge in [0.2, 0.25) is 0 Å². The number of nitrogens with zero attached hydrogens (tertiary/aromatic N) is 5. The van der Waals surface area contributed by atoms with Gasteiger partial charge in [-0.2, -0.15) is 0 Å². The molecule has 0 aliphatic carbocycles. The molecule has 4 heterocycles. The first-order valence-corrected chi connectivity index (χ1v) is 20.5. The van der Waals surface area contributed by atoms with Crippen LogP contribution in [0.3, 0.4) is 0 Å². The third-order valence-corrected chi connectivity index (χ3v) is 12.5. The molecule has 6 nitrogen and oxygen atoms in total. The van der Waals surface area contributed by atoms with Gasteiger partial charge in [-0.3, -0.25) is 0 Å². The highest BCUT2D eigenvalue weighted by molar-refractivity contribution is 8.00. The van der Waals surface area contributed by atoms with Gasteiger partial charge in [0.15, 0.2) is 17.5 Å². The van der Waals surface area contributed by atoms with E-state index in [1.165, 1.54) is 31.9 Å². The Kier molecular flexibility index (Phi) is 7.78. The van der Waals surface area contributed by atoms with Crippen molar-refractivity contribution in [1.29, 1.82) is 0 Å². The van der Waals surface area contributed by atoms with Crippen LogP contribution in [0.1, 0.15) is 0 Å².